The first-order valence-electron chi connectivity index (χ1n) is 7.16. The van der Waals surface area contributed by atoms with Crippen LogP contribution in [-0.4, -0.2) is 33.1 Å². The first kappa shape index (κ1) is 24.9. The number of thiol groups is 1. The summed E-state index contributed by atoms with van der Waals surface area (Å²) in [6, 6.07) is 7.20. The molecule has 26 heavy (non-hydrogen) atoms. The minimum absolute atomic E-state index is 0. The predicted octanol–water partition coefficient (Wildman–Crippen LogP) is -2.32. The molecule has 10 heteroatoms. The van der Waals surface area contributed by atoms with Gasteiger partial charge in [0.15, 0.2) is 5.69 Å². The zero-order valence-corrected chi connectivity index (χ0v) is 20.0. The molecule has 0 aliphatic heterocycles. The van der Waals surface area contributed by atoms with Crippen molar-refractivity contribution >= 4 is 24.8 Å². The van der Waals surface area contributed by atoms with Crippen molar-refractivity contribution in [3.05, 3.63) is 47.5 Å². The van der Waals surface area contributed by atoms with Crippen LogP contribution >= 0.6 is 12.6 Å². The maximum Gasteiger partial charge on any atom is 2.00 e. The third-order valence-corrected chi connectivity index (χ3v) is 3.56. The minimum Gasteiger partial charge on any atom is -1.00 e. The molecule has 0 spiro atoms. The first-order valence-corrected chi connectivity index (χ1v) is 7.61. The number of aromatic nitrogens is 1. The summed E-state index contributed by atoms with van der Waals surface area (Å²) < 4.78 is 4.21. The van der Waals surface area contributed by atoms with Crippen LogP contribution in [0.5, 0.6) is 5.95 Å². The van der Waals surface area contributed by atoms with Gasteiger partial charge < -0.3 is 37.6 Å². The molecule has 2 rings (SSSR count). The normalized spacial score (nSPS) is 13.5. The number of nitrogens with zero attached hydrogens (tertiary/aromatic N) is 2. The summed E-state index contributed by atoms with van der Waals surface area (Å²) in [5.41, 5.74) is 6.79. The predicted molar refractivity (Wildman–Crippen MR) is 90.1 cm³/mol. The Hall–Kier alpha value is -1.11. The monoisotopic (exact) mass is 497 g/mol. The second-order valence-corrected chi connectivity index (χ2v) is 6.94. The summed E-state index contributed by atoms with van der Waals surface area (Å²) in [4.78, 5) is 19.1. The van der Waals surface area contributed by atoms with Crippen LogP contribution in [0.4, 0.5) is 0 Å². The molecule has 1 heterocycles. The van der Waals surface area contributed by atoms with E-state index in [1.807, 2.05) is 18.2 Å². The van der Waals surface area contributed by atoms with Gasteiger partial charge in [0.1, 0.15) is 12.1 Å². The Balaban J connectivity index is 0.00000312. The summed E-state index contributed by atoms with van der Waals surface area (Å²) in [5.74, 6) is -1.78. The van der Waals surface area contributed by atoms with Crippen molar-refractivity contribution in [1.29, 1.82) is 0 Å². The Morgan fingerprint density at radius 3 is 2.50 bits per heavy atom. The number of carboxylic acids is 1. The van der Waals surface area contributed by atoms with Gasteiger partial charge in [-0.1, -0.05) is 30.3 Å². The zero-order chi connectivity index (χ0) is 17.9. The van der Waals surface area contributed by atoms with Crippen LogP contribution in [0.3, 0.4) is 0 Å². The van der Waals surface area contributed by atoms with Crippen molar-refractivity contribution in [2.45, 2.75) is 30.7 Å². The molecule has 2 unspecified atom stereocenters. The Morgan fingerprint density at radius 2 is 2.00 bits per heavy atom. The molecule has 0 aliphatic carbocycles. The Labute approximate surface area is 183 Å². The largest absolute Gasteiger partial charge is 2.00 e. The van der Waals surface area contributed by atoms with Crippen molar-refractivity contribution in [3.8, 4) is 5.95 Å². The van der Waals surface area contributed by atoms with Crippen LogP contribution in [0.1, 0.15) is 37.0 Å². The quantitative estimate of drug-likeness (QED) is 0.234. The van der Waals surface area contributed by atoms with Gasteiger partial charge in [0.2, 0.25) is 5.89 Å². The fourth-order valence-corrected chi connectivity index (χ4v) is 2.21. The Morgan fingerprint density at radius 1 is 1.42 bits per heavy atom. The maximum atomic E-state index is 11.2. The maximum absolute atomic E-state index is 11.2. The molecule has 2 aromatic rings. The average Bonchev–Trinajstić information content (AvgIpc) is 2.87. The van der Waals surface area contributed by atoms with Gasteiger partial charge in [-0.3, -0.25) is 4.99 Å². The first-order chi connectivity index (χ1) is 11.2. The van der Waals surface area contributed by atoms with E-state index in [2.05, 4.69) is 22.6 Å². The molecule has 0 saturated heterocycles. The van der Waals surface area contributed by atoms with Crippen LogP contribution in [-0.2, 0) is 32.1 Å². The Kier molecular flexibility index (Phi) is 9.85. The number of hydrogen-bond acceptors (Lipinski definition) is 8. The van der Waals surface area contributed by atoms with E-state index in [0.717, 1.165) is 11.8 Å². The number of aromatic hydroxyl groups is 1. The smallest absolute Gasteiger partial charge is 1.00 e. The molecule has 0 bridgehead atoms. The van der Waals surface area contributed by atoms with Gasteiger partial charge in [0, 0.05) is 4.75 Å². The fraction of sp³-hybridized carbons (Fsp3) is 0.312. The number of carboxylic acid groups (broad SMARTS) is 1. The van der Waals surface area contributed by atoms with Gasteiger partial charge in [-0.15, -0.1) is 0 Å². The van der Waals surface area contributed by atoms with E-state index in [1.165, 1.54) is 0 Å². The fourth-order valence-electron chi connectivity index (χ4n) is 2.04. The molecule has 1 aromatic carbocycles. The molecule has 0 radical (unpaired) electrons. The Bertz CT molecular complexity index is 750. The summed E-state index contributed by atoms with van der Waals surface area (Å²) in [5, 5.41) is 21.0. The van der Waals surface area contributed by atoms with Gasteiger partial charge in [-0.05, 0) is 19.4 Å². The van der Waals surface area contributed by atoms with E-state index < -0.39 is 28.7 Å². The van der Waals surface area contributed by atoms with Crippen LogP contribution in [0.15, 0.2) is 39.7 Å². The van der Waals surface area contributed by atoms with Crippen molar-refractivity contribution in [1.82, 2.24) is 4.98 Å². The van der Waals surface area contributed by atoms with Gasteiger partial charge >= 0.3 is 33.2 Å². The third-order valence-electron chi connectivity index (χ3n) is 3.31. The third kappa shape index (κ3) is 6.25. The van der Waals surface area contributed by atoms with Crippen molar-refractivity contribution in [2.75, 3.05) is 0 Å². The zero-order valence-electron chi connectivity index (χ0n) is 14.3. The topological polar surface area (TPSA) is 125 Å². The number of halogens is 1. The van der Waals surface area contributed by atoms with E-state index in [1.54, 1.807) is 26.0 Å². The standard InChI is InChI=1S/C16H19N3O4S.Cd.ClH/c1-16(2,24)12(14(20)21)18-8-10-15(22)23-13(19-10)11(17)9-6-4-3-5-7-9;;/h3-8,11-12,22,24H,17H2,1-2H3,(H,20,21);;1H/q;+2;/p-2. The van der Waals surface area contributed by atoms with Gasteiger partial charge in [0.05, 0.1) is 12.2 Å². The second kappa shape index (κ2) is 10.3. The van der Waals surface area contributed by atoms with Crippen molar-refractivity contribution in [3.63, 3.8) is 0 Å². The molecule has 1 aromatic heterocycles. The summed E-state index contributed by atoms with van der Waals surface area (Å²) in [6.07, 6.45) is 1.11. The number of rotatable bonds is 6. The molecular formula is C16H18CdClN3O4S. The van der Waals surface area contributed by atoms with Crippen LogP contribution < -0.4 is 23.2 Å². The second-order valence-electron chi connectivity index (χ2n) is 5.78. The molecule has 0 amide bonds. The molecule has 0 aliphatic rings. The van der Waals surface area contributed by atoms with Gasteiger partial charge in [-0.25, -0.2) is 4.98 Å². The van der Waals surface area contributed by atoms with Crippen LogP contribution in [0.2, 0.25) is 0 Å². The molecule has 7 nitrogen and oxygen atoms in total. The number of nitrogens with two attached hydrogens (primary N) is 1. The molecule has 2 atom stereocenters. The summed E-state index contributed by atoms with van der Waals surface area (Å²) in [7, 11) is 0. The van der Waals surface area contributed by atoms with E-state index in [0.29, 0.717) is 0 Å². The van der Waals surface area contributed by atoms with Crippen LogP contribution in [0.25, 0.3) is 0 Å². The molecule has 0 saturated carbocycles. The number of carbonyl (C=O) groups excluding carboxylic acids is 1. The minimum atomic E-state index is -1.38. The van der Waals surface area contributed by atoms with Gasteiger partial charge in [-0.2, -0.15) is 12.6 Å². The summed E-state index contributed by atoms with van der Waals surface area (Å²) in [6.45, 7) is 3.18. The number of aliphatic imine (C=N–C) groups is 1. The van der Waals surface area contributed by atoms with E-state index in [4.69, 9.17) is 10.2 Å². The molecule has 3 N–H and O–H groups in total. The number of oxazole rings is 1. The van der Waals surface area contributed by atoms with Crippen molar-refractivity contribution < 1.29 is 59.1 Å². The summed E-state index contributed by atoms with van der Waals surface area (Å²) >= 11 is 4.19. The van der Waals surface area contributed by atoms with Crippen molar-refractivity contribution in [2.24, 2.45) is 10.7 Å². The number of hydrogen-bond donors (Lipinski definition) is 3. The molecular weight excluding hydrogens is 478 g/mol. The number of benzene rings is 1. The number of carbonyl (C=O) groups is 1. The van der Waals surface area contributed by atoms with E-state index >= 15 is 0 Å². The van der Waals surface area contributed by atoms with Crippen LogP contribution in [0, 0.1) is 0 Å². The average molecular weight is 496 g/mol. The number of aliphatic carboxylic acids is 1. The SMILES string of the molecule is CC(C)(S)C(N=Cc1nc(C(N)c2ccccc2)oc1O)C(=O)[O-].[Cd+2].[Cl-]. The van der Waals surface area contributed by atoms with E-state index in [9.17, 15) is 15.0 Å². The van der Waals surface area contributed by atoms with E-state index in [-0.39, 0.29) is 51.3 Å². The molecule has 0 fully saturated rings. The molecule has 136 valence electrons. The van der Waals surface area contributed by atoms with Gasteiger partial charge in [0.25, 0.3) is 0 Å².